The van der Waals surface area contributed by atoms with Gasteiger partial charge >= 0.3 is 0 Å². The van der Waals surface area contributed by atoms with E-state index in [4.69, 9.17) is 11.6 Å². The standard InChI is InChI=1S/C11H14ClNO2/c12-6-10(14)11(15)8-1-2-9-7(5-8)3-4-13-9/h1-2,5,10-11,13-15H,3-4,6H2. The number of halogens is 1. The van der Waals surface area contributed by atoms with Gasteiger partial charge in [0, 0.05) is 12.2 Å². The zero-order chi connectivity index (χ0) is 10.8. The highest BCUT2D eigenvalue weighted by atomic mass is 35.5. The summed E-state index contributed by atoms with van der Waals surface area (Å²) in [5, 5.41) is 22.4. The molecule has 0 spiro atoms. The molecule has 1 heterocycles. The zero-order valence-electron chi connectivity index (χ0n) is 8.28. The number of hydrogen-bond acceptors (Lipinski definition) is 3. The Bertz CT molecular complexity index is 356. The minimum Gasteiger partial charge on any atom is -0.389 e. The average Bonchev–Trinajstić information content (AvgIpc) is 2.73. The van der Waals surface area contributed by atoms with Crippen molar-refractivity contribution in [2.24, 2.45) is 0 Å². The van der Waals surface area contributed by atoms with E-state index < -0.39 is 12.2 Å². The molecule has 2 unspecified atom stereocenters. The number of aliphatic hydroxyl groups excluding tert-OH is 2. The van der Waals surface area contributed by atoms with Gasteiger partial charge in [0.1, 0.15) is 6.10 Å². The summed E-state index contributed by atoms with van der Waals surface area (Å²) in [6, 6.07) is 5.68. The Kier molecular flexibility index (Phi) is 3.14. The molecule has 0 aromatic heterocycles. The van der Waals surface area contributed by atoms with Crippen LogP contribution in [0.15, 0.2) is 18.2 Å². The maximum atomic E-state index is 9.77. The first-order valence-electron chi connectivity index (χ1n) is 5.01. The van der Waals surface area contributed by atoms with E-state index in [1.807, 2.05) is 18.2 Å². The van der Waals surface area contributed by atoms with Crippen molar-refractivity contribution in [2.75, 3.05) is 17.7 Å². The largest absolute Gasteiger partial charge is 0.389 e. The number of alkyl halides is 1. The van der Waals surface area contributed by atoms with Crippen LogP contribution in [-0.4, -0.2) is 28.7 Å². The molecule has 2 rings (SSSR count). The molecule has 1 aromatic carbocycles. The Hall–Kier alpha value is -0.770. The molecule has 0 bridgehead atoms. The molecule has 0 amide bonds. The topological polar surface area (TPSA) is 52.5 Å². The Morgan fingerprint density at radius 2 is 2.20 bits per heavy atom. The van der Waals surface area contributed by atoms with E-state index in [0.717, 1.165) is 24.2 Å². The van der Waals surface area contributed by atoms with E-state index in [1.165, 1.54) is 5.56 Å². The van der Waals surface area contributed by atoms with E-state index in [1.54, 1.807) is 0 Å². The predicted molar refractivity (Wildman–Crippen MR) is 60.3 cm³/mol. The second-order valence-corrected chi connectivity index (χ2v) is 4.07. The average molecular weight is 228 g/mol. The third-order valence-corrected chi connectivity index (χ3v) is 3.02. The molecule has 1 aromatic rings. The van der Waals surface area contributed by atoms with Crippen LogP contribution in [0.3, 0.4) is 0 Å². The Morgan fingerprint density at radius 3 is 2.93 bits per heavy atom. The molecule has 2 atom stereocenters. The van der Waals surface area contributed by atoms with E-state index in [-0.39, 0.29) is 5.88 Å². The van der Waals surface area contributed by atoms with Gasteiger partial charge in [-0.1, -0.05) is 12.1 Å². The molecule has 0 saturated carbocycles. The Balaban J connectivity index is 2.22. The quantitative estimate of drug-likeness (QED) is 0.682. The lowest BCUT2D eigenvalue weighted by molar-refractivity contribution is 0.0327. The molecule has 15 heavy (non-hydrogen) atoms. The van der Waals surface area contributed by atoms with Crippen molar-refractivity contribution in [3.63, 3.8) is 0 Å². The number of anilines is 1. The summed E-state index contributed by atoms with van der Waals surface area (Å²) in [4.78, 5) is 0. The summed E-state index contributed by atoms with van der Waals surface area (Å²) in [5.74, 6) is 0.0382. The van der Waals surface area contributed by atoms with E-state index in [0.29, 0.717) is 0 Å². The van der Waals surface area contributed by atoms with Gasteiger partial charge in [-0.25, -0.2) is 0 Å². The number of nitrogens with one attached hydrogen (secondary N) is 1. The van der Waals surface area contributed by atoms with Crippen LogP contribution >= 0.6 is 11.6 Å². The highest BCUT2D eigenvalue weighted by Gasteiger charge is 2.19. The normalized spacial score (nSPS) is 18.1. The fraction of sp³-hybridized carbons (Fsp3) is 0.455. The van der Waals surface area contributed by atoms with Gasteiger partial charge in [0.2, 0.25) is 0 Å². The lowest BCUT2D eigenvalue weighted by Crippen LogP contribution is -2.19. The van der Waals surface area contributed by atoms with Crippen LogP contribution in [0.1, 0.15) is 17.2 Å². The molecule has 0 aliphatic carbocycles. The Morgan fingerprint density at radius 1 is 1.40 bits per heavy atom. The maximum Gasteiger partial charge on any atom is 0.106 e. The SMILES string of the molecule is OC(CCl)C(O)c1ccc2c(c1)CCN2. The van der Waals surface area contributed by atoms with Gasteiger partial charge in [-0.05, 0) is 23.6 Å². The van der Waals surface area contributed by atoms with Crippen LogP contribution in [0, 0.1) is 0 Å². The fourth-order valence-corrected chi connectivity index (χ4v) is 1.98. The van der Waals surface area contributed by atoms with Crippen molar-refractivity contribution in [3.8, 4) is 0 Å². The van der Waals surface area contributed by atoms with Crippen molar-refractivity contribution in [2.45, 2.75) is 18.6 Å². The summed E-state index contributed by atoms with van der Waals surface area (Å²) in [6.45, 7) is 0.937. The summed E-state index contributed by atoms with van der Waals surface area (Å²) in [6.07, 6.45) is -0.833. The smallest absolute Gasteiger partial charge is 0.106 e. The van der Waals surface area contributed by atoms with Crippen molar-refractivity contribution in [3.05, 3.63) is 29.3 Å². The van der Waals surface area contributed by atoms with E-state index in [9.17, 15) is 10.2 Å². The summed E-state index contributed by atoms with van der Waals surface area (Å²) in [7, 11) is 0. The third kappa shape index (κ3) is 2.09. The van der Waals surface area contributed by atoms with Gasteiger partial charge in [0.25, 0.3) is 0 Å². The second-order valence-electron chi connectivity index (χ2n) is 3.76. The number of hydrogen-bond donors (Lipinski definition) is 3. The van der Waals surface area contributed by atoms with Crippen molar-refractivity contribution in [1.82, 2.24) is 0 Å². The number of aliphatic hydroxyl groups is 2. The third-order valence-electron chi connectivity index (χ3n) is 2.70. The molecule has 3 N–H and O–H groups in total. The zero-order valence-corrected chi connectivity index (χ0v) is 9.04. The van der Waals surface area contributed by atoms with Crippen LogP contribution in [0.4, 0.5) is 5.69 Å². The number of rotatable bonds is 3. The van der Waals surface area contributed by atoms with Gasteiger partial charge in [-0.2, -0.15) is 0 Å². The fourth-order valence-electron chi connectivity index (χ4n) is 1.82. The van der Waals surface area contributed by atoms with E-state index >= 15 is 0 Å². The molecule has 0 fully saturated rings. The highest BCUT2D eigenvalue weighted by molar-refractivity contribution is 6.18. The molecular formula is C11H14ClNO2. The first-order valence-corrected chi connectivity index (χ1v) is 5.54. The maximum absolute atomic E-state index is 9.77. The van der Waals surface area contributed by atoms with Gasteiger partial charge in [-0.15, -0.1) is 11.6 Å². The highest BCUT2D eigenvalue weighted by Crippen LogP contribution is 2.27. The van der Waals surface area contributed by atoms with Gasteiger partial charge in [-0.3, -0.25) is 0 Å². The van der Waals surface area contributed by atoms with Crippen LogP contribution < -0.4 is 5.32 Å². The van der Waals surface area contributed by atoms with E-state index in [2.05, 4.69) is 5.32 Å². The molecule has 1 aliphatic heterocycles. The van der Waals surface area contributed by atoms with Gasteiger partial charge < -0.3 is 15.5 Å². The molecular weight excluding hydrogens is 214 g/mol. The van der Waals surface area contributed by atoms with Crippen LogP contribution in [0.2, 0.25) is 0 Å². The minimum absolute atomic E-state index is 0.0382. The van der Waals surface area contributed by atoms with Crippen molar-refractivity contribution in [1.29, 1.82) is 0 Å². The molecule has 4 heteroatoms. The number of benzene rings is 1. The monoisotopic (exact) mass is 227 g/mol. The molecule has 0 saturated heterocycles. The van der Waals surface area contributed by atoms with Gasteiger partial charge in [0.05, 0.1) is 12.0 Å². The molecule has 1 aliphatic rings. The molecule has 0 radical (unpaired) electrons. The first-order chi connectivity index (χ1) is 7.22. The van der Waals surface area contributed by atoms with Crippen LogP contribution in [0.5, 0.6) is 0 Å². The Labute approximate surface area is 93.7 Å². The lowest BCUT2D eigenvalue weighted by Gasteiger charge is -2.16. The predicted octanol–water partition coefficient (Wildman–Crippen LogP) is 1.29. The summed E-state index contributed by atoms with van der Waals surface area (Å²) >= 11 is 5.49. The van der Waals surface area contributed by atoms with Crippen molar-refractivity contribution >= 4 is 17.3 Å². The second kappa shape index (κ2) is 4.39. The van der Waals surface area contributed by atoms with Crippen molar-refractivity contribution < 1.29 is 10.2 Å². The lowest BCUT2D eigenvalue weighted by atomic mass is 10.0. The van der Waals surface area contributed by atoms with Crippen LogP contribution in [0.25, 0.3) is 0 Å². The summed E-state index contributed by atoms with van der Waals surface area (Å²) in [5.41, 5.74) is 3.03. The minimum atomic E-state index is -0.904. The number of fused-ring (bicyclic) bond motifs is 1. The molecule has 82 valence electrons. The first kappa shape index (κ1) is 10.7. The summed E-state index contributed by atoms with van der Waals surface area (Å²) < 4.78 is 0. The van der Waals surface area contributed by atoms with Crippen LogP contribution in [-0.2, 0) is 6.42 Å². The molecule has 3 nitrogen and oxygen atoms in total. The van der Waals surface area contributed by atoms with Gasteiger partial charge in [0.15, 0.2) is 0 Å².